The van der Waals surface area contributed by atoms with Gasteiger partial charge in [-0.3, -0.25) is 9.69 Å². The molecule has 9 heteroatoms. The molecule has 280 valence electrons. The van der Waals surface area contributed by atoms with E-state index >= 15 is 0 Å². The molecule has 2 heterocycles. The standard InChI is InChI=1S/C40H67NO8/c1-23-19-25(33(36(7,8)45)47-24(2)43)48-31-30(23)37(9)15-16-40-21-39(40)14-13-28(49-29-20-41(17-18-46-29)34(3,4)22-42)35(5,6)26(39)11-12-27(40)38(37,10)32(31)44/h23,25-33,42,44-45H,11-22H2,1-10H3/t23-,25-,26+,27+,28+,29+,30?,31+,32+,33+,37-,38-,39-,40+/m1/s1. The van der Waals surface area contributed by atoms with Crippen molar-refractivity contribution in [2.45, 2.75) is 169 Å². The second-order valence-electron chi connectivity index (χ2n) is 20.1. The van der Waals surface area contributed by atoms with E-state index < -0.39 is 29.9 Å². The predicted octanol–water partition coefficient (Wildman–Crippen LogP) is 5.32. The predicted molar refractivity (Wildman–Crippen MR) is 185 cm³/mol. The average Bonchev–Trinajstić information content (AvgIpc) is 3.65. The van der Waals surface area contributed by atoms with Crippen LogP contribution >= 0.6 is 0 Å². The van der Waals surface area contributed by atoms with E-state index in [0.717, 1.165) is 32.2 Å². The molecule has 49 heavy (non-hydrogen) atoms. The third-order valence-electron chi connectivity index (χ3n) is 16.7. The zero-order valence-electron chi connectivity index (χ0n) is 32.1. The number of esters is 1. The number of hydrogen-bond acceptors (Lipinski definition) is 9. The Bertz CT molecular complexity index is 1300. The Morgan fingerprint density at radius 2 is 1.69 bits per heavy atom. The number of nitrogens with zero attached hydrogens (tertiary/aromatic N) is 1. The fourth-order valence-corrected chi connectivity index (χ4v) is 14.1. The molecule has 7 aliphatic rings. The minimum absolute atomic E-state index is 0.00244. The number of ether oxygens (including phenoxy) is 4. The van der Waals surface area contributed by atoms with Gasteiger partial charge in [-0.05, 0) is 124 Å². The summed E-state index contributed by atoms with van der Waals surface area (Å²) in [7, 11) is 0. The number of carbonyl (C=O) groups is 1. The van der Waals surface area contributed by atoms with Crippen LogP contribution in [0.2, 0.25) is 0 Å². The Labute approximate surface area is 295 Å². The van der Waals surface area contributed by atoms with Crippen LogP contribution < -0.4 is 0 Å². The van der Waals surface area contributed by atoms with E-state index in [2.05, 4.69) is 53.4 Å². The number of aliphatic hydroxyl groups excluding tert-OH is 2. The zero-order valence-corrected chi connectivity index (χ0v) is 32.1. The lowest BCUT2D eigenvalue weighted by molar-refractivity contribution is -0.254. The average molecular weight is 690 g/mol. The molecule has 3 N–H and O–H groups in total. The minimum Gasteiger partial charge on any atom is -0.457 e. The van der Waals surface area contributed by atoms with Crippen LogP contribution in [0.4, 0.5) is 0 Å². The van der Waals surface area contributed by atoms with Crippen LogP contribution in [0.3, 0.4) is 0 Å². The van der Waals surface area contributed by atoms with Crippen molar-refractivity contribution >= 4 is 5.97 Å². The summed E-state index contributed by atoms with van der Waals surface area (Å²) in [5.41, 5.74) is -1.39. The maximum absolute atomic E-state index is 12.6. The molecule has 0 radical (unpaired) electrons. The highest BCUT2D eigenvalue weighted by molar-refractivity contribution is 5.66. The largest absolute Gasteiger partial charge is 0.457 e. The summed E-state index contributed by atoms with van der Waals surface area (Å²) in [5.74, 6) is 1.03. The second kappa shape index (κ2) is 11.6. The number of rotatable bonds is 7. The van der Waals surface area contributed by atoms with E-state index in [1.807, 2.05) is 0 Å². The van der Waals surface area contributed by atoms with E-state index in [-0.39, 0.29) is 69.6 Å². The lowest BCUT2D eigenvalue weighted by Crippen LogP contribution is -2.60. The summed E-state index contributed by atoms with van der Waals surface area (Å²) in [5, 5.41) is 33.6. The Balaban J connectivity index is 1.12. The third kappa shape index (κ3) is 5.05. The summed E-state index contributed by atoms with van der Waals surface area (Å²) in [6.45, 7) is 23.2. The molecule has 14 atom stereocenters. The Hall–Kier alpha value is -0.810. The molecule has 0 amide bonds. The van der Waals surface area contributed by atoms with E-state index in [1.165, 1.54) is 26.2 Å². The molecule has 2 aliphatic heterocycles. The van der Waals surface area contributed by atoms with E-state index in [9.17, 15) is 20.1 Å². The fourth-order valence-electron chi connectivity index (χ4n) is 14.1. The lowest BCUT2D eigenvalue weighted by atomic mass is 9.41. The van der Waals surface area contributed by atoms with Gasteiger partial charge in [0.1, 0.15) is 0 Å². The third-order valence-corrected chi connectivity index (χ3v) is 16.7. The number of fused-ring (bicyclic) bond motifs is 4. The van der Waals surface area contributed by atoms with E-state index in [0.29, 0.717) is 31.4 Å². The highest BCUT2D eigenvalue weighted by Crippen LogP contribution is 2.89. The SMILES string of the molecule is CC(=O)O[C@@H]([C@H]1C[C@@H](C)C2[C@H](O1)[C@H](O)[C@@]1(C)[C@@H]3CC[C@H]4C(C)(C)[C@@H](O[C@H]5CN(C(C)(C)CO)CCO5)CC[C@@]45C[C@@]35CC[C@]21C)C(C)(C)O. The molecule has 5 saturated carbocycles. The molecule has 7 rings (SSSR count). The van der Waals surface area contributed by atoms with Gasteiger partial charge in [-0.25, -0.2) is 0 Å². The molecule has 0 bridgehead atoms. The normalized spacial score (nSPS) is 49.9. The van der Waals surface area contributed by atoms with Crippen LogP contribution in [0.1, 0.15) is 121 Å². The van der Waals surface area contributed by atoms with Crippen molar-refractivity contribution in [1.29, 1.82) is 0 Å². The van der Waals surface area contributed by atoms with Crippen molar-refractivity contribution in [3.05, 3.63) is 0 Å². The molecular formula is C40H67NO8. The smallest absolute Gasteiger partial charge is 0.303 e. The summed E-state index contributed by atoms with van der Waals surface area (Å²) in [6, 6.07) is 0. The van der Waals surface area contributed by atoms with Gasteiger partial charge in [0.05, 0.1) is 49.8 Å². The maximum Gasteiger partial charge on any atom is 0.303 e. The van der Waals surface area contributed by atoms with E-state index in [1.54, 1.807) is 13.8 Å². The van der Waals surface area contributed by atoms with Crippen LogP contribution in [-0.2, 0) is 23.7 Å². The molecule has 0 aromatic heterocycles. The van der Waals surface area contributed by atoms with Gasteiger partial charge in [-0.2, -0.15) is 0 Å². The number of morpholine rings is 1. The van der Waals surface area contributed by atoms with Crippen LogP contribution in [0.25, 0.3) is 0 Å². The van der Waals surface area contributed by atoms with Crippen LogP contribution in [0.5, 0.6) is 0 Å². The fraction of sp³-hybridized carbons (Fsp3) is 0.975. The first kappa shape index (κ1) is 36.5. The first-order valence-corrected chi connectivity index (χ1v) is 19.6. The number of carbonyl (C=O) groups excluding carboxylic acids is 1. The number of hydrogen-bond donors (Lipinski definition) is 3. The van der Waals surface area contributed by atoms with Gasteiger partial charge < -0.3 is 34.3 Å². The zero-order chi connectivity index (χ0) is 35.7. The summed E-state index contributed by atoms with van der Waals surface area (Å²) in [4.78, 5) is 14.4. The quantitative estimate of drug-likeness (QED) is 0.306. The Morgan fingerprint density at radius 3 is 2.35 bits per heavy atom. The van der Waals surface area contributed by atoms with Crippen molar-refractivity contribution < 1.29 is 39.1 Å². The summed E-state index contributed by atoms with van der Waals surface area (Å²) >= 11 is 0. The number of aliphatic hydroxyl groups is 3. The molecule has 0 aromatic rings. The van der Waals surface area contributed by atoms with E-state index in [4.69, 9.17) is 18.9 Å². The van der Waals surface area contributed by atoms with Gasteiger partial charge in [0.15, 0.2) is 12.4 Å². The molecule has 9 nitrogen and oxygen atoms in total. The van der Waals surface area contributed by atoms with Crippen LogP contribution in [-0.4, -0.2) is 100 Å². The van der Waals surface area contributed by atoms with Crippen molar-refractivity contribution in [2.75, 3.05) is 26.3 Å². The van der Waals surface area contributed by atoms with Gasteiger partial charge >= 0.3 is 5.97 Å². The van der Waals surface area contributed by atoms with Crippen LogP contribution in [0.15, 0.2) is 0 Å². The van der Waals surface area contributed by atoms with Crippen molar-refractivity contribution in [3.63, 3.8) is 0 Å². The Morgan fingerprint density at radius 1 is 1.02 bits per heavy atom. The van der Waals surface area contributed by atoms with Gasteiger partial charge in [-0.15, -0.1) is 0 Å². The first-order chi connectivity index (χ1) is 22.7. The monoisotopic (exact) mass is 689 g/mol. The molecule has 1 unspecified atom stereocenters. The molecule has 2 spiro atoms. The molecule has 5 aliphatic carbocycles. The molecule has 2 saturated heterocycles. The van der Waals surface area contributed by atoms with Gasteiger partial charge in [0.2, 0.25) is 0 Å². The highest BCUT2D eigenvalue weighted by atomic mass is 16.7. The van der Waals surface area contributed by atoms with Crippen LogP contribution in [0, 0.1) is 50.7 Å². The topological polar surface area (TPSA) is 118 Å². The van der Waals surface area contributed by atoms with Crippen molar-refractivity contribution in [3.8, 4) is 0 Å². The van der Waals surface area contributed by atoms with Crippen molar-refractivity contribution in [1.82, 2.24) is 4.90 Å². The van der Waals surface area contributed by atoms with Crippen molar-refractivity contribution in [2.24, 2.45) is 50.7 Å². The molecule has 0 aromatic carbocycles. The first-order valence-electron chi connectivity index (χ1n) is 19.6. The van der Waals surface area contributed by atoms with Gasteiger partial charge in [-0.1, -0.05) is 34.6 Å². The lowest BCUT2D eigenvalue weighted by Gasteiger charge is -2.64. The van der Waals surface area contributed by atoms with Gasteiger partial charge in [0, 0.05) is 24.4 Å². The summed E-state index contributed by atoms with van der Waals surface area (Å²) < 4.78 is 25.6. The van der Waals surface area contributed by atoms with Gasteiger partial charge in [0.25, 0.3) is 0 Å². The molecule has 7 fully saturated rings. The maximum atomic E-state index is 12.6. The second-order valence-corrected chi connectivity index (χ2v) is 20.1. The Kier molecular flexibility index (Phi) is 8.65. The minimum atomic E-state index is -1.26. The molecular weight excluding hydrogens is 622 g/mol. The summed E-state index contributed by atoms with van der Waals surface area (Å²) in [6.07, 6.45) is 6.32. The highest BCUT2D eigenvalue weighted by Gasteiger charge is 2.84.